The van der Waals surface area contributed by atoms with E-state index in [1.807, 2.05) is 0 Å². The van der Waals surface area contributed by atoms with Crippen LogP contribution in [0.3, 0.4) is 0 Å². The van der Waals surface area contributed by atoms with Crippen LogP contribution in [0.2, 0.25) is 5.15 Å². The summed E-state index contributed by atoms with van der Waals surface area (Å²) < 4.78 is 4.31. The lowest BCUT2D eigenvalue weighted by Gasteiger charge is -1.95. The summed E-state index contributed by atoms with van der Waals surface area (Å²) in [4.78, 5) is 10.0. The second kappa shape index (κ2) is 2.79. The van der Waals surface area contributed by atoms with Crippen LogP contribution in [0.1, 0.15) is 5.69 Å². The lowest BCUT2D eigenvalue weighted by Crippen LogP contribution is -2.03. The number of carboxylic acid groups (broad SMARTS) is 1. The van der Waals surface area contributed by atoms with Gasteiger partial charge < -0.3 is 9.84 Å². The molecule has 0 aromatic carbocycles. The Hall–Kier alpha value is -1.23. The molecule has 0 fully saturated rings. The summed E-state index contributed by atoms with van der Waals surface area (Å²) in [7, 11) is 0. The first-order valence-corrected chi connectivity index (χ1v) is 3.10. The molecular weight excluding hydrogens is 172 g/mol. The van der Waals surface area contributed by atoms with E-state index in [2.05, 4.69) is 14.9 Å². The van der Waals surface area contributed by atoms with Crippen molar-refractivity contribution in [3.05, 3.63) is 10.8 Å². The van der Waals surface area contributed by atoms with Crippen molar-refractivity contribution in [1.82, 2.24) is 10.2 Å². The first-order valence-electron chi connectivity index (χ1n) is 2.72. The zero-order valence-corrected chi connectivity index (χ0v) is 6.34. The van der Waals surface area contributed by atoms with Crippen LogP contribution in [-0.4, -0.2) is 21.5 Å². The van der Waals surface area contributed by atoms with Gasteiger partial charge in [-0.25, -0.2) is 4.79 Å². The molecule has 1 heterocycles. The molecule has 1 rings (SSSR count). The largest absolute Gasteiger partial charge is 0.511 e. The van der Waals surface area contributed by atoms with Crippen LogP contribution in [0.25, 0.3) is 0 Å². The molecule has 11 heavy (non-hydrogen) atoms. The molecule has 0 spiro atoms. The number of ether oxygens (including phenoxy) is 1. The molecule has 0 aliphatic carbocycles. The van der Waals surface area contributed by atoms with E-state index in [0.29, 0.717) is 5.69 Å². The average Bonchev–Trinajstić information content (AvgIpc) is 2.18. The lowest BCUT2D eigenvalue weighted by atomic mass is 10.4. The molecule has 1 aromatic heterocycles. The number of carbonyl (C=O) groups is 1. The summed E-state index contributed by atoms with van der Waals surface area (Å²) in [5, 5.41) is 14.3. The van der Waals surface area contributed by atoms with Gasteiger partial charge in [-0.1, -0.05) is 11.6 Å². The Balaban J connectivity index is 2.92. The van der Waals surface area contributed by atoms with Crippen molar-refractivity contribution in [2.75, 3.05) is 0 Å². The molecular formula is C5H5ClN2O3. The molecule has 5 nitrogen and oxygen atoms in total. The van der Waals surface area contributed by atoms with Gasteiger partial charge in [0.1, 0.15) is 5.69 Å². The topological polar surface area (TPSA) is 75.2 Å². The highest BCUT2D eigenvalue weighted by Crippen LogP contribution is 2.24. The summed E-state index contributed by atoms with van der Waals surface area (Å²) in [6.07, 6.45) is -1.41. The number of rotatable bonds is 1. The third-order valence-corrected chi connectivity index (χ3v) is 1.30. The van der Waals surface area contributed by atoms with Crippen LogP contribution in [-0.2, 0) is 0 Å². The number of aryl methyl sites for hydroxylation is 1. The quantitative estimate of drug-likeness (QED) is 0.635. The number of aromatic amines is 1. The van der Waals surface area contributed by atoms with Gasteiger partial charge in [-0.2, -0.15) is 5.10 Å². The van der Waals surface area contributed by atoms with Gasteiger partial charge in [0.05, 0.1) is 0 Å². The summed E-state index contributed by atoms with van der Waals surface area (Å²) in [6.45, 7) is 1.58. The van der Waals surface area contributed by atoms with Crippen molar-refractivity contribution < 1.29 is 14.6 Å². The number of aromatic nitrogens is 2. The summed E-state index contributed by atoms with van der Waals surface area (Å²) in [5.74, 6) is 0.0548. The minimum absolute atomic E-state index is 0.0548. The van der Waals surface area contributed by atoms with Crippen LogP contribution >= 0.6 is 11.6 Å². The molecule has 0 aliphatic rings. The molecule has 0 saturated carbocycles. The summed E-state index contributed by atoms with van der Waals surface area (Å²) in [5.41, 5.74) is 0.414. The van der Waals surface area contributed by atoms with E-state index >= 15 is 0 Å². The van der Waals surface area contributed by atoms with Crippen LogP contribution < -0.4 is 4.74 Å². The molecule has 0 radical (unpaired) electrons. The molecule has 60 valence electrons. The zero-order chi connectivity index (χ0) is 8.43. The predicted molar refractivity (Wildman–Crippen MR) is 37.0 cm³/mol. The zero-order valence-electron chi connectivity index (χ0n) is 5.59. The Morgan fingerprint density at radius 3 is 2.82 bits per heavy atom. The van der Waals surface area contributed by atoms with E-state index in [9.17, 15) is 4.79 Å². The van der Waals surface area contributed by atoms with E-state index in [1.165, 1.54) is 0 Å². The fourth-order valence-electron chi connectivity index (χ4n) is 0.599. The van der Waals surface area contributed by atoms with Crippen LogP contribution in [0, 0.1) is 6.92 Å². The monoisotopic (exact) mass is 176 g/mol. The van der Waals surface area contributed by atoms with Crippen molar-refractivity contribution in [2.24, 2.45) is 0 Å². The average molecular weight is 177 g/mol. The highest BCUT2D eigenvalue weighted by molar-refractivity contribution is 6.31. The fraction of sp³-hybridized carbons (Fsp3) is 0.200. The van der Waals surface area contributed by atoms with E-state index in [-0.39, 0.29) is 10.9 Å². The number of hydrogen-bond acceptors (Lipinski definition) is 3. The van der Waals surface area contributed by atoms with Crippen molar-refractivity contribution in [2.45, 2.75) is 6.92 Å². The van der Waals surface area contributed by atoms with Gasteiger partial charge in [0.2, 0.25) is 0 Å². The van der Waals surface area contributed by atoms with Gasteiger partial charge in [-0.05, 0) is 6.92 Å². The highest BCUT2D eigenvalue weighted by Gasteiger charge is 2.12. The van der Waals surface area contributed by atoms with E-state index in [0.717, 1.165) is 0 Å². The standard InChI is InChI=1S/C5H5ClN2O3/c1-2-3(11-5(9)10)4(6)8-7-2/h1H3,(H,7,8)(H,9,10). The number of hydrogen-bond donors (Lipinski definition) is 2. The molecule has 2 N–H and O–H groups in total. The van der Waals surface area contributed by atoms with Gasteiger partial charge in [0.15, 0.2) is 10.9 Å². The molecule has 0 saturated heterocycles. The molecule has 1 aromatic rings. The second-order valence-electron chi connectivity index (χ2n) is 1.82. The van der Waals surface area contributed by atoms with Crippen molar-refractivity contribution in [3.63, 3.8) is 0 Å². The number of nitrogens with zero attached hydrogens (tertiary/aromatic N) is 1. The molecule has 0 amide bonds. The Kier molecular flexibility index (Phi) is 2.00. The molecule has 0 unspecified atom stereocenters. The molecule has 6 heteroatoms. The van der Waals surface area contributed by atoms with Gasteiger partial charge in [0, 0.05) is 0 Å². The Bertz CT molecular complexity index is 264. The van der Waals surface area contributed by atoms with E-state index < -0.39 is 6.16 Å². The predicted octanol–water partition coefficient (Wildman–Crippen LogP) is 1.43. The maximum Gasteiger partial charge on any atom is 0.511 e. The van der Waals surface area contributed by atoms with Gasteiger partial charge in [-0.15, -0.1) is 0 Å². The summed E-state index contributed by atoms with van der Waals surface area (Å²) in [6, 6.07) is 0. The van der Waals surface area contributed by atoms with Crippen LogP contribution in [0.4, 0.5) is 4.79 Å². The lowest BCUT2D eigenvalue weighted by molar-refractivity contribution is 0.144. The Labute approximate surface area is 66.9 Å². The normalized spacial score (nSPS) is 9.64. The second-order valence-corrected chi connectivity index (χ2v) is 2.20. The number of nitrogens with one attached hydrogen (secondary N) is 1. The molecule has 0 aliphatic heterocycles. The number of halogens is 1. The minimum atomic E-state index is -1.41. The third-order valence-electron chi connectivity index (χ3n) is 1.04. The van der Waals surface area contributed by atoms with Crippen molar-refractivity contribution >= 4 is 17.8 Å². The first kappa shape index (κ1) is 7.87. The Morgan fingerprint density at radius 2 is 2.45 bits per heavy atom. The Morgan fingerprint density at radius 1 is 1.82 bits per heavy atom. The van der Waals surface area contributed by atoms with Gasteiger partial charge in [-0.3, -0.25) is 5.10 Å². The van der Waals surface area contributed by atoms with E-state index in [1.54, 1.807) is 6.92 Å². The first-order chi connectivity index (χ1) is 5.11. The summed E-state index contributed by atoms with van der Waals surface area (Å²) >= 11 is 5.48. The minimum Gasteiger partial charge on any atom is -0.449 e. The van der Waals surface area contributed by atoms with Crippen molar-refractivity contribution in [1.29, 1.82) is 0 Å². The smallest absolute Gasteiger partial charge is 0.449 e. The van der Waals surface area contributed by atoms with Crippen LogP contribution in [0.5, 0.6) is 5.75 Å². The molecule has 0 atom stereocenters. The maximum atomic E-state index is 10.0. The van der Waals surface area contributed by atoms with Crippen molar-refractivity contribution in [3.8, 4) is 5.75 Å². The van der Waals surface area contributed by atoms with Crippen LogP contribution in [0.15, 0.2) is 0 Å². The van der Waals surface area contributed by atoms with E-state index in [4.69, 9.17) is 16.7 Å². The number of H-pyrrole nitrogens is 1. The SMILES string of the molecule is Cc1n[nH]c(Cl)c1OC(=O)O. The van der Waals surface area contributed by atoms with Gasteiger partial charge >= 0.3 is 6.16 Å². The maximum absolute atomic E-state index is 10.0. The van der Waals surface area contributed by atoms with Gasteiger partial charge in [0.25, 0.3) is 0 Å². The molecule has 0 bridgehead atoms. The fourth-order valence-corrected chi connectivity index (χ4v) is 0.817. The highest BCUT2D eigenvalue weighted by atomic mass is 35.5. The third kappa shape index (κ3) is 1.62.